The molecule has 0 aliphatic rings. The van der Waals surface area contributed by atoms with Gasteiger partial charge in [0.15, 0.2) is 23.0 Å². The molecular formula is C23H21NO7. The molecule has 0 saturated carbocycles. The molecule has 0 fully saturated rings. The molecule has 0 aliphatic heterocycles. The third-order valence-corrected chi connectivity index (χ3v) is 4.05. The normalized spacial score (nSPS) is 10.9. The highest BCUT2D eigenvalue weighted by atomic mass is 16.6. The number of hydrogen-bond acceptors (Lipinski definition) is 8. The quantitative estimate of drug-likeness (QED) is 0.275. The van der Waals surface area contributed by atoms with Crippen LogP contribution in [0.25, 0.3) is 12.2 Å². The number of rotatable bonds is 8. The molecule has 0 aromatic heterocycles. The minimum atomic E-state index is -0.753. The highest BCUT2D eigenvalue weighted by Crippen LogP contribution is 2.30. The molecule has 0 bridgehead atoms. The van der Waals surface area contributed by atoms with Gasteiger partial charge in [-0.05, 0) is 47.5 Å². The average Bonchev–Trinajstić information content (AvgIpc) is 2.81. The Balaban J connectivity index is 2.18. The van der Waals surface area contributed by atoms with Crippen LogP contribution in [-0.4, -0.2) is 40.4 Å². The van der Waals surface area contributed by atoms with Crippen molar-refractivity contribution in [3.05, 3.63) is 59.2 Å². The highest BCUT2D eigenvalue weighted by molar-refractivity contribution is 5.98. The molecule has 0 spiro atoms. The zero-order valence-electron chi connectivity index (χ0n) is 17.5. The first-order valence-corrected chi connectivity index (χ1v) is 8.95. The van der Waals surface area contributed by atoms with Gasteiger partial charge in [0.25, 0.3) is 0 Å². The van der Waals surface area contributed by atoms with Crippen molar-refractivity contribution in [3.8, 4) is 29.1 Å². The molecule has 0 heterocycles. The zero-order chi connectivity index (χ0) is 22.8. The van der Waals surface area contributed by atoms with Crippen molar-refractivity contribution < 1.29 is 33.3 Å². The SMILES string of the molecule is COC(=O)/C(C#N)=C/c1ccc(OC(=O)/C=C/c2ccc(OC)c(OC)c2)c(OC)c1. The third kappa shape index (κ3) is 6.11. The minimum Gasteiger partial charge on any atom is -0.493 e. The van der Waals surface area contributed by atoms with Crippen LogP contribution in [0, 0.1) is 11.3 Å². The van der Waals surface area contributed by atoms with Gasteiger partial charge in [-0.3, -0.25) is 0 Å². The number of carbonyl (C=O) groups excluding carboxylic acids is 2. The summed E-state index contributed by atoms with van der Waals surface area (Å²) in [6.07, 6.45) is 4.18. The Hall–Kier alpha value is -4.25. The number of esters is 2. The lowest BCUT2D eigenvalue weighted by Gasteiger charge is -2.09. The second kappa shape index (κ2) is 11.1. The maximum absolute atomic E-state index is 12.2. The maximum Gasteiger partial charge on any atom is 0.348 e. The fourth-order valence-corrected chi connectivity index (χ4v) is 2.53. The Morgan fingerprint density at radius 2 is 1.42 bits per heavy atom. The molecular weight excluding hydrogens is 402 g/mol. The molecule has 0 saturated heterocycles. The molecule has 8 nitrogen and oxygen atoms in total. The Kier molecular flexibility index (Phi) is 8.22. The van der Waals surface area contributed by atoms with Crippen molar-refractivity contribution in [1.29, 1.82) is 5.26 Å². The van der Waals surface area contributed by atoms with Crippen LogP contribution in [0.3, 0.4) is 0 Å². The van der Waals surface area contributed by atoms with Crippen LogP contribution < -0.4 is 18.9 Å². The van der Waals surface area contributed by atoms with Gasteiger partial charge in [-0.15, -0.1) is 0 Å². The van der Waals surface area contributed by atoms with Gasteiger partial charge in [-0.1, -0.05) is 12.1 Å². The van der Waals surface area contributed by atoms with E-state index in [4.69, 9.17) is 24.2 Å². The standard InChI is InChI=1S/C23H21NO7/c1-27-18-8-5-15(12-20(18)28-2)7-10-22(25)31-19-9-6-16(13-21(19)29-3)11-17(14-24)23(26)30-4/h5-13H,1-4H3/b10-7+,17-11+. The first kappa shape index (κ1) is 23.0. The van der Waals surface area contributed by atoms with E-state index in [-0.39, 0.29) is 17.1 Å². The number of hydrogen-bond donors (Lipinski definition) is 0. The lowest BCUT2D eigenvalue weighted by molar-refractivity contribution is -0.135. The first-order valence-electron chi connectivity index (χ1n) is 8.95. The van der Waals surface area contributed by atoms with Crippen LogP contribution in [0.1, 0.15) is 11.1 Å². The average molecular weight is 423 g/mol. The van der Waals surface area contributed by atoms with Gasteiger partial charge in [0.2, 0.25) is 0 Å². The monoisotopic (exact) mass is 423 g/mol. The molecule has 2 rings (SSSR count). The second-order valence-corrected chi connectivity index (χ2v) is 5.94. The van der Waals surface area contributed by atoms with E-state index in [0.717, 1.165) is 0 Å². The van der Waals surface area contributed by atoms with Crippen LogP contribution >= 0.6 is 0 Å². The molecule has 2 aromatic carbocycles. The van der Waals surface area contributed by atoms with Crippen LogP contribution in [0.2, 0.25) is 0 Å². The summed E-state index contributed by atoms with van der Waals surface area (Å²) in [4.78, 5) is 23.8. The van der Waals surface area contributed by atoms with Gasteiger partial charge < -0.3 is 23.7 Å². The van der Waals surface area contributed by atoms with Gasteiger partial charge >= 0.3 is 11.9 Å². The number of nitrogens with zero attached hydrogens (tertiary/aromatic N) is 1. The first-order chi connectivity index (χ1) is 14.9. The number of methoxy groups -OCH3 is 4. The number of carbonyl (C=O) groups is 2. The third-order valence-electron chi connectivity index (χ3n) is 4.05. The van der Waals surface area contributed by atoms with Gasteiger partial charge in [-0.25, -0.2) is 9.59 Å². The van der Waals surface area contributed by atoms with E-state index < -0.39 is 11.9 Å². The molecule has 0 atom stereocenters. The largest absolute Gasteiger partial charge is 0.493 e. The smallest absolute Gasteiger partial charge is 0.348 e. The summed E-state index contributed by atoms with van der Waals surface area (Å²) in [7, 11) is 5.66. The molecule has 0 aliphatic carbocycles. The van der Waals surface area contributed by atoms with Crippen LogP contribution in [0.4, 0.5) is 0 Å². The van der Waals surface area contributed by atoms with Crippen molar-refractivity contribution >= 4 is 24.1 Å². The van der Waals surface area contributed by atoms with E-state index in [2.05, 4.69) is 4.74 Å². The van der Waals surface area contributed by atoms with E-state index >= 15 is 0 Å². The van der Waals surface area contributed by atoms with Crippen molar-refractivity contribution in [3.63, 3.8) is 0 Å². The molecule has 31 heavy (non-hydrogen) atoms. The summed E-state index contributed by atoms with van der Waals surface area (Å²) in [6.45, 7) is 0. The summed E-state index contributed by atoms with van der Waals surface area (Å²) < 4.78 is 25.5. The van der Waals surface area contributed by atoms with E-state index in [0.29, 0.717) is 22.6 Å². The molecule has 0 unspecified atom stereocenters. The Morgan fingerprint density at radius 3 is 2.03 bits per heavy atom. The van der Waals surface area contributed by atoms with Gasteiger partial charge in [0.05, 0.1) is 28.4 Å². The summed E-state index contributed by atoms with van der Waals surface area (Å²) in [5, 5.41) is 9.06. The predicted molar refractivity (Wildman–Crippen MR) is 113 cm³/mol. The fourth-order valence-electron chi connectivity index (χ4n) is 2.53. The van der Waals surface area contributed by atoms with Crippen molar-refractivity contribution in [2.75, 3.05) is 28.4 Å². The Morgan fingerprint density at radius 1 is 0.839 bits per heavy atom. The lowest BCUT2D eigenvalue weighted by Crippen LogP contribution is -2.05. The maximum atomic E-state index is 12.2. The summed E-state index contributed by atoms with van der Waals surface area (Å²) in [5.41, 5.74) is 1.04. The van der Waals surface area contributed by atoms with Gasteiger partial charge in [0.1, 0.15) is 11.6 Å². The molecule has 0 amide bonds. The Bertz CT molecular complexity index is 1060. The van der Waals surface area contributed by atoms with Crippen LogP contribution in [0.15, 0.2) is 48.0 Å². The van der Waals surface area contributed by atoms with Crippen LogP contribution in [-0.2, 0) is 14.3 Å². The van der Waals surface area contributed by atoms with E-state index in [9.17, 15) is 9.59 Å². The van der Waals surface area contributed by atoms with E-state index in [1.165, 1.54) is 52.7 Å². The topological polar surface area (TPSA) is 104 Å². The second-order valence-electron chi connectivity index (χ2n) is 5.94. The van der Waals surface area contributed by atoms with Crippen molar-refractivity contribution in [1.82, 2.24) is 0 Å². The van der Waals surface area contributed by atoms with E-state index in [1.807, 2.05) is 0 Å². The van der Waals surface area contributed by atoms with E-state index in [1.54, 1.807) is 36.4 Å². The van der Waals surface area contributed by atoms with Gasteiger partial charge in [0, 0.05) is 6.08 Å². The molecule has 0 N–H and O–H groups in total. The number of nitriles is 1. The minimum absolute atomic E-state index is 0.174. The predicted octanol–water partition coefficient (Wildman–Crippen LogP) is 3.41. The molecule has 0 radical (unpaired) electrons. The van der Waals surface area contributed by atoms with Crippen molar-refractivity contribution in [2.24, 2.45) is 0 Å². The highest BCUT2D eigenvalue weighted by Gasteiger charge is 2.12. The Labute approximate surface area is 179 Å². The number of ether oxygens (including phenoxy) is 5. The molecule has 160 valence electrons. The van der Waals surface area contributed by atoms with Crippen LogP contribution in [0.5, 0.6) is 23.0 Å². The summed E-state index contributed by atoms with van der Waals surface area (Å²) >= 11 is 0. The summed E-state index contributed by atoms with van der Waals surface area (Å²) in [6, 6.07) is 11.6. The number of benzene rings is 2. The molecule has 2 aromatic rings. The fraction of sp³-hybridized carbons (Fsp3) is 0.174. The molecule has 8 heteroatoms. The van der Waals surface area contributed by atoms with Gasteiger partial charge in [-0.2, -0.15) is 5.26 Å². The summed E-state index contributed by atoms with van der Waals surface area (Å²) in [5.74, 6) is 0.169. The van der Waals surface area contributed by atoms with Crippen molar-refractivity contribution in [2.45, 2.75) is 0 Å². The zero-order valence-corrected chi connectivity index (χ0v) is 17.5. The lowest BCUT2D eigenvalue weighted by atomic mass is 10.1.